The topological polar surface area (TPSA) is 42.8 Å². The van der Waals surface area contributed by atoms with Crippen molar-refractivity contribution in [3.05, 3.63) is 102 Å². The maximum atomic E-state index is 6.54. The van der Waals surface area contributed by atoms with Crippen molar-refractivity contribution in [3.8, 4) is 22.5 Å². The Labute approximate surface area is 250 Å². The van der Waals surface area contributed by atoms with Gasteiger partial charge in [-0.3, -0.25) is 0 Å². The molecule has 0 radical (unpaired) electrons. The summed E-state index contributed by atoms with van der Waals surface area (Å²) in [6.07, 6.45) is 3.02. The minimum atomic E-state index is -0.507. The van der Waals surface area contributed by atoms with Crippen molar-refractivity contribution in [2.24, 2.45) is 5.41 Å². The zero-order valence-electron chi connectivity index (χ0n) is 25.1. The normalized spacial score (nSPS) is 21.9. The van der Waals surface area contributed by atoms with E-state index in [4.69, 9.17) is 14.5 Å². The number of hydrogen-bond acceptors (Lipinski definition) is 5. The first kappa shape index (κ1) is 28.8. The Morgan fingerprint density at radius 2 is 1.36 bits per heavy atom. The molecule has 0 unspecified atom stereocenters. The third-order valence-corrected chi connectivity index (χ3v) is 8.75. The number of imidazole rings is 1. The lowest BCUT2D eigenvalue weighted by Crippen LogP contribution is -2.44. The molecule has 42 heavy (non-hydrogen) atoms. The summed E-state index contributed by atoms with van der Waals surface area (Å²) in [5.74, 6) is 0.827. The van der Waals surface area contributed by atoms with Gasteiger partial charge in [0.1, 0.15) is 0 Å². The van der Waals surface area contributed by atoms with E-state index in [0.717, 1.165) is 34.8 Å². The van der Waals surface area contributed by atoms with Crippen LogP contribution in [0.3, 0.4) is 0 Å². The second kappa shape index (κ2) is 13.3. The minimum absolute atomic E-state index is 0.0139. The summed E-state index contributed by atoms with van der Waals surface area (Å²) >= 11 is 0. The minimum Gasteiger partial charge on any atom is -0.345 e. The quantitative estimate of drug-likeness (QED) is 0.200. The molecule has 4 aromatic rings. The Kier molecular flexibility index (Phi) is 9.15. The number of likely N-dealkylation sites (N-methyl/N-ethyl adjacent to an activating group) is 1. The van der Waals surface area contributed by atoms with Crippen LogP contribution >= 0.6 is 0 Å². The van der Waals surface area contributed by atoms with Crippen LogP contribution in [0.25, 0.3) is 22.5 Å². The van der Waals surface area contributed by atoms with Crippen LogP contribution < -0.4 is 0 Å². The summed E-state index contributed by atoms with van der Waals surface area (Å²) in [7, 11) is 2.22. The molecular formula is C36H44N4O2. The molecule has 3 heterocycles. The molecule has 6 nitrogen and oxygen atoms in total. The lowest BCUT2D eigenvalue weighted by Gasteiger charge is -2.37. The molecule has 0 amide bonds. The Morgan fingerprint density at radius 1 is 0.762 bits per heavy atom. The predicted octanol–water partition coefficient (Wildman–Crippen LogP) is 6.73. The molecule has 0 aliphatic carbocycles. The third kappa shape index (κ3) is 6.84. The summed E-state index contributed by atoms with van der Waals surface area (Å²) < 4.78 is 15.4. The third-order valence-electron chi connectivity index (χ3n) is 8.75. The van der Waals surface area contributed by atoms with Crippen LogP contribution in [0.4, 0.5) is 0 Å². The van der Waals surface area contributed by atoms with E-state index in [9.17, 15) is 0 Å². The van der Waals surface area contributed by atoms with E-state index in [1.54, 1.807) is 0 Å². The summed E-state index contributed by atoms with van der Waals surface area (Å²) in [5.41, 5.74) is 5.49. The van der Waals surface area contributed by atoms with E-state index in [1.807, 2.05) is 6.07 Å². The van der Waals surface area contributed by atoms with Crippen molar-refractivity contribution in [1.82, 2.24) is 19.4 Å². The lowest BCUT2D eigenvalue weighted by atomic mass is 9.86. The fourth-order valence-corrected chi connectivity index (χ4v) is 6.16. The van der Waals surface area contributed by atoms with Gasteiger partial charge in [0, 0.05) is 49.3 Å². The molecule has 2 aliphatic heterocycles. The molecule has 6 rings (SSSR count). The second-order valence-electron chi connectivity index (χ2n) is 12.3. The largest absolute Gasteiger partial charge is 0.345 e. The molecule has 2 fully saturated rings. The van der Waals surface area contributed by atoms with E-state index >= 15 is 0 Å². The fourth-order valence-electron chi connectivity index (χ4n) is 6.16. The van der Waals surface area contributed by atoms with Crippen LogP contribution in [0.5, 0.6) is 0 Å². The second-order valence-corrected chi connectivity index (χ2v) is 12.3. The van der Waals surface area contributed by atoms with Crippen molar-refractivity contribution in [1.29, 1.82) is 0 Å². The van der Waals surface area contributed by atoms with Gasteiger partial charge in [0.15, 0.2) is 5.82 Å². The van der Waals surface area contributed by atoms with Crippen LogP contribution in [0.1, 0.15) is 43.9 Å². The van der Waals surface area contributed by atoms with Crippen LogP contribution in [0.2, 0.25) is 0 Å². The molecule has 2 aliphatic rings. The highest BCUT2D eigenvalue weighted by molar-refractivity contribution is 5.79. The van der Waals surface area contributed by atoms with Crippen molar-refractivity contribution in [2.75, 3.05) is 53.0 Å². The van der Waals surface area contributed by atoms with Gasteiger partial charge in [-0.05, 0) is 32.0 Å². The molecule has 0 atom stereocenters. The summed E-state index contributed by atoms with van der Waals surface area (Å²) in [5, 5.41) is 0. The molecule has 0 bridgehead atoms. The number of rotatable bonds is 10. The number of unbranched alkanes of at least 4 members (excludes halogenated alkanes) is 1. The van der Waals surface area contributed by atoms with Crippen molar-refractivity contribution >= 4 is 0 Å². The summed E-state index contributed by atoms with van der Waals surface area (Å²) in [6, 6.07) is 31.6. The van der Waals surface area contributed by atoms with Crippen LogP contribution in [-0.4, -0.2) is 72.3 Å². The number of hydrogen-bond donors (Lipinski definition) is 0. The highest BCUT2D eigenvalue weighted by atomic mass is 16.7. The van der Waals surface area contributed by atoms with Gasteiger partial charge >= 0.3 is 0 Å². The Balaban J connectivity index is 1.22. The van der Waals surface area contributed by atoms with Gasteiger partial charge in [-0.1, -0.05) is 104 Å². The predicted molar refractivity (Wildman–Crippen MR) is 169 cm³/mol. The highest BCUT2D eigenvalue weighted by Gasteiger charge is 2.36. The fraction of sp³-hybridized carbons (Fsp3) is 0.417. The van der Waals surface area contributed by atoms with Crippen LogP contribution in [0, 0.1) is 5.41 Å². The van der Waals surface area contributed by atoms with Gasteiger partial charge in [-0.2, -0.15) is 0 Å². The zero-order valence-corrected chi connectivity index (χ0v) is 25.1. The van der Waals surface area contributed by atoms with E-state index in [1.165, 1.54) is 51.1 Å². The molecule has 3 aromatic carbocycles. The Bertz CT molecular complexity index is 1390. The molecule has 0 spiro atoms. The first-order valence-electron chi connectivity index (χ1n) is 15.5. The molecule has 0 N–H and O–H groups in total. The molecular weight excluding hydrogens is 520 g/mol. The Hall–Kier alpha value is -3.29. The molecule has 2 saturated heterocycles. The van der Waals surface area contributed by atoms with Gasteiger partial charge in [0.2, 0.25) is 6.29 Å². The average Bonchev–Trinajstić information content (AvgIpc) is 3.41. The maximum absolute atomic E-state index is 6.54. The van der Waals surface area contributed by atoms with Crippen LogP contribution in [-0.2, 0) is 16.0 Å². The van der Waals surface area contributed by atoms with Gasteiger partial charge in [0.25, 0.3) is 0 Å². The summed E-state index contributed by atoms with van der Waals surface area (Å²) in [6.45, 7) is 10.3. The highest BCUT2D eigenvalue weighted by Crippen LogP contribution is 2.40. The number of aromatic nitrogens is 2. The van der Waals surface area contributed by atoms with Crippen molar-refractivity contribution in [3.63, 3.8) is 0 Å². The van der Waals surface area contributed by atoms with Crippen LogP contribution in [0.15, 0.2) is 91.0 Å². The number of nitrogens with zero attached hydrogens (tertiary/aromatic N) is 4. The van der Waals surface area contributed by atoms with E-state index in [0.29, 0.717) is 19.8 Å². The van der Waals surface area contributed by atoms with Gasteiger partial charge in [0.05, 0.1) is 24.6 Å². The van der Waals surface area contributed by atoms with E-state index in [2.05, 4.69) is 113 Å². The standard InChI is InChI=1S/C36H44N4O2/c1-36(20-12-13-21-39-24-22-38(2)23-25-39)27-41-35(42-28-36)34-37-32(30-16-8-4-9-17-30)33(31-18-10-5-11-19-31)40(34)26-29-14-6-3-7-15-29/h3-11,14-19,35H,12-13,20-28H2,1-2H3. The van der Waals surface area contributed by atoms with E-state index in [-0.39, 0.29) is 5.41 Å². The molecule has 220 valence electrons. The van der Waals surface area contributed by atoms with E-state index < -0.39 is 6.29 Å². The maximum Gasteiger partial charge on any atom is 0.217 e. The van der Waals surface area contributed by atoms with Gasteiger partial charge < -0.3 is 23.8 Å². The van der Waals surface area contributed by atoms with Crippen molar-refractivity contribution in [2.45, 2.75) is 39.0 Å². The molecule has 1 aromatic heterocycles. The zero-order chi connectivity index (χ0) is 28.8. The smallest absolute Gasteiger partial charge is 0.217 e. The van der Waals surface area contributed by atoms with Gasteiger partial charge in [-0.15, -0.1) is 0 Å². The van der Waals surface area contributed by atoms with Gasteiger partial charge in [-0.25, -0.2) is 4.98 Å². The number of benzene rings is 3. The number of ether oxygens (including phenoxy) is 2. The Morgan fingerprint density at radius 3 is 2.00 bits per heavy atom. The summed E-state index contributed by atoms with van der Waals surface area (Å²) in [4.78, 5) is 10.3. The first-order valence-corrected chi connectivity index (χ1v) is 15.5. The molecule has 0 saturated carbocycles. The number of piperazine rings is 1. The monoisotopic (exact) mass is 564 g/mol. The van der Waals surface area contributed by atoms with Crippen molar-refractivity contribution < 1.29 is 9.47 Å². The lowest BCUT2D eigenvalue weighted by molar-refractivity contribution is -0.236. The SMILES string of the molecule is CN1CCN(CCCCC2(C)COC(c3nc(-c4ccccc4)c(-c4ccccc4)n3Cc3ccccc3)OC2)CC1. The molecule has 6 heteroatoms. The average molecular weight is 565 g/mol. The first-order chi connectivity index (χ1) is 20.6.